The molecule has 0 spiro atoms. The minimum absolute atomic E-state index is 0.593. The molecule has 4 aromatic carbocycles. The van der Waals surface area contributed by atoms with E-state index in [1.807, 2.05) is 42.5 Å². The first-order valence-electron chi connectivity index (χ1n) is 11.6. The molecule has 0 atom stereocenters. The number of aromatic nitrogens is 2. The third-order valence-electron chi connectivity index (χ3n) is 6.50. The second-order valence-corrected chi connectivity index (χ2v) is 9.01. The van der Waals surface area contributed by atoms with E-state index in [9.17, 15) is 0 Å². The number of fused-ring (bicyclic) bond motifs is 3. The minimum atomic E-state index is 0.593. The van der Waals surface area contributed by atoms with Crippen LogP contribution in [0, 0.1) is 27.3 Å². The molecule has 0 N–H and O–H groups in total. The average molecular weight is 454 g/mol. The predicted octanol–water partition coefficient (Wildman–Crippen LogP) is 8.58. The van der Waals surface area contributed by atoms with E-state index in [1.165, 1.54) is 16.7 Å². The molecule has 0 bridgehead atoms. The maximum absolute atomic E-state index is 7.48. The Balaban J connectivity index is 1.65. The van der Waals surface area contributed by atoms with Gasteiger partial charge in [-0.1, -0.05) is 66.2 Å². The molecule has 0 radical (unpaired) electrons. The Bertz CT molecular complexity index is 1770. The van der Waals surface area contributed by atoms with Crippen molar-refractivity contribution in [1.82, 2.24) is 9.55 Å². The van der Waals surface area contributed by atoms with Gasteiger partial charge < -0.3 is 4.42 Å². The van der Waals surface area contributed by atoms with Gasteiger partial charge in [0, 0.05) is 28.1 Å². The molecule has 6 aromatic rings. The average Bonchev–Trinajstić information content (AvgIpc) is 3.45. The molecule has 4 nitrogen and oxygen atoms in total. The normalized spacial score (nSPS) is 11.3. The Morgan fingerprint density at radius 3 is 2.37 bits per heavy atom. The van der Waals surface area contributed by atoms with Crippen molar-refractivity contribution in [3.8, 4) is 28.3 Å². The molecule has 0 unspecified atom stereocenters. The molecule has 0 fully saturated rings. The largest absolute Gasteiger partial charge is 0.455 e. The summed E-state index contributed by atoms with van der Waals surface area (Å²) in [4.78, 5) is 8.76. The standard InChI is InChI=1S/C31H23N3O/c1-19-15-20(2)29(21(3)16-19)34-18-27(33-31(34)22-9-7-10-23(17-22)32-4)26-13-8-12-25-24-11-5-6-14-28(24)35-30(25)26/h5-18H,1-3H3. The number of nitrogens with zero attached hydrogens (tertiary/aromatic N) is 3. The van der Waals surface area contributed by atoms with Crippen LogP contribution < -0.4 is 0 Å². The highest BCUT2D eigenvalue weighted by atomic mass is 16.3. The predicted molar refractivity (Wildman–Crippen MR) is 142 cm³/mol. The Labute approximate surface area is 203 Å². The van der Waals surface area contributed by atoms with E-state index in [4.69, 9.17) is 16.0 Å². The zero-order chi connectivity index (χ0) is 24.1. The third kappa shape index (κ3) is 3.41. The van der Waals surface area contributed by atoms with Gasteiger partial charge in [-0.15, -0.1) is 0 Å². The molecule has 35 heavy (non-hydrogen) atoms. The fourth-order valence-corrected chi connectivity index (χ4v) is 5.10. The topological polar surface area (TPSA) is 35.3 Å². The fraction of sp³-hybridized carbons (Fsp3) is 0.0968. The summed E-state index contributed by atoms with van der Waals surface area (Å²) in [5.74, 6) is 0.800. The fourth-order valence-electron chi connectivity index (χ4n) is 5.10. The highest BCUT2D eigenvalue weighted by molar-refractivity contribution is 6.09. The molecule has 2 aromatic heterocycles. The number of aryl methyl sites for hydroxylation is 3. The summed E-state index contributed by atoms with van der Waals surface area (Å²) in [6.07, 6.45) is 2.09. The Kier molecular flexibility index (Phi) is 4.79. The molecule has 0 aliphatic carbocycles. The number of furan rings is 1. The molecule has 0 saturated heterocycles. The molecular formula is C31H23N3O. The molecule has 0 aliphatic heterocycles. The van der Waals surface area contributed by atoms with Crippen LogP contribution in [-0.4, -0.2) is 9.55 Å². The van der Waals surface area contributed by atoms with Crippen LogP contribution in [0.3, 0.4) is 0 Å². The van der Waals surface area contributed by atoms with Crippen molar-refractivity contribution >= 4 is 27.6 Å². The van der Waals surface area contributed by atoms with E-state index >= 15 is 0 Å². The van der Waals surface area contributed by atoms with Gasteiger partial charge in [0.05, 0.1) is 18.0 Å². The van der Waals surface area contributed by atoms with Crippen LogP contribution in [-0.2, 0) is 0 Å². The van der Waals surface area contributed by atoms with Gasteiger partial charge in [0.15, 0.2) is 5.69 Å². The van der Waals surface area contributed by atoms with Gasteiger partial charge in [0.25, 0.3) is 0 Å². The van der Waals surface area contributed by atoms with Crippen LogP contribution in [0.4, 0.5) is 5.69 Å². The Morgan fingerprint density at radius 1 is 0.829 bits per heavy atom. The summed E-state index contributed by atoms with van der Waals surface area (Å²) in [6, 6.07) is 26.4. The lowest BCUT2D eigenvalue weighted by atomic mass is 10.0. The van der Waals surface area contributed by atoms with Gasteiger partial charge >= 0.3 is 0 Å². The third-order valence-corrected chi connectivity index (χ3v) is 6.50. The highest BCUT2D eigenvalue weighted by Crippen LogP contribution is 2.38. The number of imidazole rings is 1. The Hall–Kier alpha value is -4.62. The summed E-state index contributed by atoms with van der Waals surface area (Å²) in [6.45, 7) is 13.9. The molecule has 2 heterocycles. The van der Waals surface area contributed by atoms with Crippen LogP contribution in [0.5, 0.6) is 0 Å². The SMILES string of the molecule is [C-]#[N+]c1cccc(-c2nc(-c3cccc4c3oc3ccccc34)cn2-c2c(C)cc(C)cc2C)c1. The van der Waals surface area contributed by atoms with Crippen LogP contribution in [0.1, 0.15) is 16.7 Å². The van der Waals surface area contributed by atoms with Crippen LogP contribution in [0.2, 0.25) is 0 Å². The van der Waals surface area contributed by atoms with Crippen molar-refractivity contribution in [3.63, 3.8) is 0 Å². The number of hydrogen-bond donors (Lipinski definition) is 0. The molecule has 0 aliphatic rings. The second kappa shape index (κ2) is 8.00. The zero-order valence-electron chi connectivity index (χ0n) is 19.8. The van der Waals surface area contributed by atoms with Gasteiger partial charge in [-0.25, -0.2) is 9.83 Å². The summed E-state index contributed by atoms with van der Waals surface area (Å²) in [5, 5.41) is 2.17. The van der Waals surface area contributed by atoms with E-state index in [0.717, 1.165) is 50.3 Å². The molecule has 6 rings (SSSR count). The Morgan fingerprint density at radius 2 is 1.57 bits per heavy atom. The summed E-state index contributed by atoms with van der Waals surface area (Å²) in [7, 11) is 0. The van der Waals surface area contributed by atoms with Crippen molar-refractivity contribution in [2.75, 3.05) is 0 Å². The number of rotatable bonds is 3. The lowest BCUT2D eigenvalue weighted by Crippen LogP contribution is -2.02. The van der Waals surface area contributed by atoms with Crippen LogP contribution in [0.25, 0.3) is 55.1 Å². The van der Waals surface area contributed by atoms with Gasteiger partial charge in [0.2, 0.25) is 0 Å². The molecule has 168 valence electrons. The molecule has 0 amide bonds. The van der Waals surface area contributed by atoms with E-state index in [0.29, 0.717) is 5.69 Å². The number of para-hydroxylation sites is 2. The van der Waals surface area contributed by atoms with Crippen LogP contribution >= 0.6 is 0 Å². The summed E-state index contributed by atoms with van der Waals surface area (Å²) < 4.78 is 8.47. The van der Waals surface area contributed by atoms with E-state index < -0.39 is 0 Å². The first-order chi connectivity index (χ1) is 17.0. The van der Waals surface area contributed by atoms with Gasteiger partial charge in [-0.3, -0.25) is 4.57 Å². The van der Waals surface area contributed by atoms with Gasteiger partial charge in [0.1, 0.15) is 17.0 Å². The smallest absolute Gasteiger partial charge is 0.187 e. The van der Waals surface area contributed by atoms with Crippen molar-refractivity contribution in [2.45, 2.75) is 20.8 Å². The highest BCUT2D eigenvalue weighted by Gasteiger charge is 2.19. The lowest BCUT2D eigenvalue weighted by Gasteiger charge is -2.15. The quantitative estimate of drug-likeness (QED) is 0.252. The molecule has 0 saturated carbocycles. The van der Waals surface area contributed by atoms with E-state index in [2.05, 4.69) is 72.8 Å². The summed E-state index contributed by atoms with van der Waals surface area (Å²) >= 11 is 0. The molecular weight excluding hydrogens is 430 g/mol. The number of benzene rings is 4. The van der Waals surface area contributed by atoms with Crippen molar-refractivity contribution < 1.29 is 4.42 Å². The first-order valence-corrected chi connectivity index (χ1v) is 11.6. The zero-order valence-corrected chi connectivity index (χ0v) is 19.8. The first kappa shape index (κ1) is 20.9. The number of hydrogen-bond acceptors (Lipinski definition) is 2. The van der Waals surface area contributed by atoms with Crippen molar-refractivity contribution in [3.05, 3.63) is 113 Å². The monoisotopic (exact) mass is 453 g/mol. The second-order valence-electron chi connectivity index (χ2n) is 9.01. The van der Waals surface area contributed by atoms with Crippen molar-refractivity contribution in [2.24, 2.45) is 0 Å². The van der Waals surface area contributed by atoms with Gasteiger partial charge in [-0.05, 0) is 50.1 Å². The van der Waals surface area contributed by atoms with E-state index in [1.54, 1.807) is 0 Å². The van der Waals surface area contributed by atoms with Crippen molar-refractivity contribution in [1.29, 1.82) is 0 Å². The van der Waals surface area contributed by atoms with Gasteiger partial charge in [-0.2, -0.15) is 0 Å². The van der Waals surface area contributed by atoms with Crippen LogP contribution in [0.15, 0.2) is 89.5 Å². The summed E-state index contributed by atoms with van der Waals surface area (Å²) in [5.41, 5.74) is 9.66. The van der Waals surface area contributed by atoms with E-state index in [-0.39, 0.29) is 0 Å². The maximum atomic E-state index is 7.48. The maximum Gasteiger partial charge on any atom is 0.187 e. The minimum Gasteiger partial charge on any atom is -0.455 e. The lowest BCUT2D eigenvalue weighted by molar-refractivity contribution is 0.670. The molecule has 4 heteroatoms.